The number of rotatable bonds is 8. The van der Waals surface area contributed by atoms with Crippen molar-refractivity contribution >= 4 is 20.2 Å². The van der Waals surface area contributed by atoms with E-state index in [9.17, 15) is 37.3 Å². The first-order chi connectivity index (χ1) is 17.9. The third-order valence-corrected chi connectivity index (χ3v) is 8.64. The Bertz CT molecular complexity index is 1590. The van der Waals surface area contributed by atoms with E-state index in [1.807, 2.05) is 13.8 Å². The van der Waals surface area contributed by atoms with Gasteiger partial charge in [0.05, 0.1) is 22.3 Å². The molecule has 2 aromatic carbocycles. The third-order valence-electron chi connectivity index (χ3n) is 6.25. The fourth-order valence-electron chi connectivity index (χ4n) is 4.15. The van der Waals surface area contributed by atoms with Crippen molar-refractivity contribution < 1.29 is 45.8 Å². The molecule has 0 spiro atoms. The van der Waals surface area contributed by atoms with E-state index in [1.165, 1.54) is 24.3 Å². The second-order valence-electron chi connectivity index (χ2n) is 8.44. The Morgan fingerprint density at radius 2 is 0.816 bits per heavy atom. The maximum atomic E-state index is 12.7. The van der Waals surface area contributed by atoms with Crippen molar-refractivity contribution in [3.05, 3.63) is 59.7 Å². The quantitative estimate of drug-likeness (QED) is 0.220. The maximum absolute atomic E-state index is 12.7. The minimum atomic E-state index is -4.51. The van der Waals surface area contributed by atoms with Gasteiger partial charge in [0.2, 0.25) is 23.5 Å². The minimum Gasteiger partial charge on any atom is -0.492 e. The molecule has 38 heavy (non-hydrogen) atoms. The molecule has 0 saturated heterocycles. The van der Waals surface area contributed by atoms with Crippen LogP contribution in [0.15, 0.2) is 58.3 Å². The molecule has 4 aromatic rings. The SMILES string of the molecule is CCc1ccc(S(=O)(=O)On2c(O)c3c(c2O)-c2c-3c(O)n(OS(=O)(=O)c3ccc(CC)cc3)c2O)cc1. The number of hydrogen-bond acceptors (Lipinski definition) is 10. The van der Waals surface area contributed by atoms with Gasteiger partial charge in [0.25, 0.3) is 0 Å². The lowest BCUT2D eigenvalue weighted by atomic mass is 9.86. The Kier molecular flexibility index (Phi) is 5.76. The van der Waals surface area contributed by atoms with Gasteiger partial charge in [0, 0.05) is 0 Å². The highest BCUT2D eigenvalue weighted by atomic mass is 32.2. The Morgan fingerprint density at radius 3 is 1.05 bits per heavy atom. The summed E-state index contributed by atoms with van der Waals surface area (Å²) in [6.07, 6.45) is 1.36. The molecule has 1 aliphatic rings. The number of aromatic hydroxyl groups is 4. The average Bonchev–Trinajstić information content (AvgIpc) is 3.19. The highest BCUT2D eigenvalue weighted by Gasteiger charge is 2.46. The van der Waals surface area contributed by atoms with E-state index < -0.39 is 43.8 Å². The van der Waals surface area contributed by atoms with Crippen molar-refractivity contribution in [3.8, 4) is 45.8 Å². The summed E-state index contributed by atoms with van der Waals surface area (Å²) >= 11 is 0. The molecule has 0 amide bonds. The van der Waals surface area contributed by atoms with Crippen LogP contribution >= 0.6 is 0 Å². The van der Waals surface area contributed by atoms with Crippen LogP contribution in [0.5, 0.6) is 23.5 Å². The van der Waals surface area contributed by atoms with Gasteiger partial charge in [-0.1, -0.05) is 47.6 Å². The van der Waals surface area contributed by atoms with Crippen LogP contribution in [0.25, 0.3) is 22.3 Å². The normalized spacial score (nSPS) is 12.5. The molecule has 14 heteroatoms. The molecule has 0 saturated carbocycles. The molecule has 2 heterocycles. The summed E-state index contributed by atoms with van der Waals surface area (Å²) < 4.78 is 61.2. The fraction of sp³-hybridized carbons (Fsp3) is 0.167. The molecule has 0 fully saturated rings. The first-order valence-corrected chi connectivity index (χ1v) is 14.1. The van der Waals surface area contributed by atoms with Crippen LogP contribution in [0.2, 0.25) is 0 Å². The van der Waals surface area contributed by atoms with Gasteiger partial charge in [-0.05, 0) is 48.2 Å². The van der Waals surface area contributed by atoms with Gasteiger partial charge in [-0.2, -0.15) is 16.8 Å². The first-order valence-electron chi connectivity index (χ1n) is 11.3. The van der Waals surface area contributed by atoms with Crippen molar-refractivity contribution in [1.29, 1.82) is 0 Å². The summed E-state index contributed by atoms with van der Waals surface area (Å²) in [6.45, 7) is 3.79. The van der Waals surface area contributed by atoms with Crippen molar-refractivity contribution in [2.24, 2.45) is 0 Å². The van der Waals surface area contributed by atoms with Crippen molar-refractivity contribution in [3.63, 3.8) is 0 Å². The van der Waals surface area contributed by atoms with Crippen molar-refractivity contribution in [1.82, 2.24) is 9.46 Å². The zero-order valence-corrected chi connectivity index (χ0v) is 21.6. The second kappa shape index (κ2) is 8.63. The van der Waals surface area contributed by atoms with Crippen LogP contribution in [-0.4, -0.2) is 46.7 Å². The van der Waals surface area contributed by atoms with Gasteiger partial charge in [-0.25, -0.2) is 0 Å². The molecule has 4 N–H and O–H groups in total. The standard InChI is InChI=1S/C24H22N2O10S2/c1-3-13-5-9-15(10-6-13)37(31,32)35-25-21(27)17-18(22(25)28)20-19(17)23(29)26(24(20)30)36-38(33,34)16-11-7-14(4-2)8-12-16/h5-12,27-30H,3-4H2,1-2H3. The topological polar surface area (TPSA) is 178 Å². The van der Waals surface area contributed by atoms with E-state index in [-0.39, 0.29) is 41.5 Å². The molecule has 200 valence electrons. The highest BCUT2D eigenvalue weighted by molar-refractivity contribution is 7.87. The predicted molar refractivity (Wildman–Crippen MR) is 133 cm³/mol. The Hall–Kier alpha value is -4.30. The Morgan fingerprint density at radius 1 is 0.553 bits per heavy atom. The van der Waals surface area contributed by atoms with E-state index in [2.05, 4.69) is 0 Å². The highest BCUT2D eigenvalue weighted by Crippen LogP contribution is 2.64. The average molecular weight is 563 g/mol. The summed E-state index contributed by atoms with van der Waals surface area (Å²) in [6, 6.07) is 11.5. The second-order valence-corrected chi connectivity index (χ2v) is 11.5. The maximum Gasteiger partial charge on any atom is 0.357 e. The van der Waals surface area contributed by atoms with Crippen LogP contribution in [0, 0.1) is 0 Å². The number of benzene rings is 2. The van der Waals surface area contributed by atoms with Crippen LogP contribution in [0.3, 0.4) is 0 Å². The molecular formula is C24H22N2O10S2. The van der Waals surface area contributed by atoms with Gasteiger partial charge in [0.15, 0.2) is 0 Å². The fourth-order valence-corrected chi connectivity index (χ4v) is 5.93. The van der Waals surface area contributed by atoms with Crippen LogP contribution in [0.4, 0.5) is 0 Å². The smallest absolute Gasteiger partial charge is 0.357 e. The number of hydrogen-bond donors (Lipinski definition) is 4. The van der Waals surface area contributed by atoms with E-state index in [4.69, 9.17) is 8.57 Å². The van der Waals surface area contributed by atoms with E-state index in [0.717, 1.165) is 11.1 Å². The molecule has 2 aromatic heterocycles. The lowest BCUT2D eigenvalue weighted by molar-refractivity contribution is 0.201. The van der Waals surface area contributed by atoms with Gasteiger partial charge < -0.3 is 20.4 Å². The van der Waals surface area contributed by atoms with Gasteiger partial charge in [-0.3, -0.25) is 8.57 Å². The summed E-state index contributed by atoms with van der Waals surface area (Å²) in [4.78, 5) is -0.490. The van der Waals surface area contributed by atoms with Gasteiger partial charge >= 0.3 is 20.2 Å². The minimum absolute atomic E-state index is 0.226. The Balaban J connectivity index is 1.49. The monoisotopic (exact) mass is 562 g/mol. The molecule has 0 atom stereocenters. The van der Waals surface area contributed by atoms with Crippen LogP contribution in [-0.2, 0) is 33.1 Å². The molecule has 1 aliphatic carbocycles. The molecular weight excluding hydrogens is 540 g/mol. The first kappa shape index (κ1) is 25.4. The van der Waals surface area contributed by atoms with E-state index in [1.54, 1.807) is 24.3 Å². The van der Waals surface area contributed by atoms with Gasteiger partial charge in [-0.15, -0.1) is 0 Å². The number of aromatic nitrogens is 2. The summed E-state index contributed by atoms with van der Waals surface area (Å²) in [7, 11) is -9.02. The summed E-state index contributed by atoms with van der Waals surface area (Å²) in [5.74, 6) is -3.65. The zero-order valence-electron chi connectivity index (χ0n) is 20.0. The van der Waals surface area contributed by atoms with Crippen LogP contribution < -0.4 is 8.57 Å². The summed E-state index contributed by atoms with van der Waals surface area (Å²) in [5.41, 5.74) is 0.621. The largest absolute Gasteiger partial charge is 0.492 e. The molecule has 0 bridgehead atoms. The zero-order chi connectivity index (χ0) is 27.6. The lowest BCUT2D eigenvalue weighted by Gasteiger charge is -2.13. The molecule has 0 radical (unpaired) electrons. The number of fused-ring (bicyclic) bond motifs is 4. The van der Waals surface area contributed by atoms with Crippen molar-refractivity contribution in [2.75, 3.05) is 0 Å². The van der Waals surface area contributed by atoms with Crippen molar-refractivity contribution in [2.45, 2.75) is 36.5 Å². The number of nitrogens with zero attached hydrogens (tertiary/aromatic N) is 2. The van der Waals surface area contributed by atoms with E-state index >= 15 is 0 Å². The lowest BCUT2D eigenvalue weighted by Crippen LogP contribution is -2.20. The van der Waals surface area contributed by atoms with Crippen LogP contribution in [0.1, 0.15) is 25.0 Å². The predicted octanol–water partition coefficient (Wildman–Crippen LogP) is 2.52. The molecule has 12 nitrogen and oxygen atoms in total. The Labute approximate surface area is 217 Å². The molecule has 0 unspecified atom stereocenters. The molecule has 5 rings (SSSR count). The third kappa shape index (κ3) is 3.71. The van der Waals surface area contributed by atoms with Gasteiger partial charge in [0.1, 0.15) is 9.79 Å². The van der Waals surface area contributed by atoms with E-state index in [0.29, 0.717) is 12.8 Å². The summed E-state index contributed by atoms with van der Waals surface area (Å²) in [5, 5.41) is 42.5. The molecule has 0 aliphatic heterocycles. The number of aryl methyl sites for hydroxylation is 2.